The van der Waals surface area contributed by atoms with E-state index in [1.54, 1.807) is 11.7 Å². The molecule has 22 heavy (non-hydrogen) atoms. The molecule has 0 fully saturated rings. The Morgan fingerprint density at radius 3 is 2.73 bits per heavy atom. The average molecular weight is 435 g/mol. The molecular weight excluding hydrogens is 415 g/mol. The molecule has 0 amide bonds. The molecule has 2 rings (SSSR count). The number of aromatic nitrogens is 3. The second-order valence-electron chi connectivity index (χ2n) is 4.49. The topological polar surface area (TPSA) is 67.1 Å². The Morgan fingerprint density at radius 2 is 2.09 bits per heavy atom. The molecule has 120 valence electrons. The van der Waals surface area contributed by atoms with Crippen molar-refractivity contribution in [2.45, 2.75) is 13.0 Å². The molecule has 0 unspecified atom stereocenters. The number of hydrogen-bond donors (Lipinski definition) is 2. The summed E-state index contributed by atoms with van der Waals surface area (Å²) in [5.74, 6) is 1.58. The van der Waals surface area contributed by atoms with Gasteiger partial charge in [-0.25, -0.2) is 4.98 Å². The van der Waals surface area contributed by atoms with E-state index in [1.165, 1.54) is 6.33 Å². The highest BCUT2D eigenvalue weighted by Gasteiger charge is 2.03. The van der Waals surface area contributed by atoms with E-state index in [9.17, 15) is 0 Å². The van der Waals surface area contributed by atoms with E-state index >= 15 is 0 Å². The van der Waals surface area contributed by atoms with Crippen LogP contribution in [0.15, 0.2) is 35.6 Å². The SMILES string of the molecule is CN=C(NCCc1ccccc1Cl)NCc1ncnn1C.I. The lowest BCUT2D eigenvalue weighted by atomic mass is 10.1. The minimum absolute atomic E-state index is 0. The highest BCUT2D eigenvalue weighted by Crippen LogP contribution is 2.14. The largest absolute Gasteiger partial charge is 0.356 e. The van der Waals surface area contributed by atoms with Gasteiger partial charge >= 0.3 is 0 Å². The van der Waals surface area contributed by atoms with Gasteiger partial charge in [0.15, 0.2) is 5.96 Å². The first-order chi connectivity index (χ1) is 10.2. The lowest BCUT2D eigenvalue weighted by Crippen LogP contribution is -2.38. The maximum atomic E-state index is 6.13. The molecule has 0 radical (unpaired) electrons. The van der Waals surface area contributed by atoms with Crippen LogP contribution in [0.25, 0.3) is 0 Å². The van der Waals surface area contributed by atoms with Crippen molar-refractivity contribution in [3.63, 3.8) is 0 Å². The Kier molecular flexibility index (Phi) is 8.18. The van der Waals surface area contributed by atoms with Crippen molar-refractivity contribution >= 4 is 41.5 Å². The van der Waals surface area contributed by atoms with E-state index in [4.69, 9.17) is 11.6 Å². The highest BCUT2D eigenvalue weighted by molar-refractivity contribution is 14.0. The maximum absolute atomic E-state index is 6.13. The number of guanidine groups is 1. The summed E-state index contributed by atoms with van der Waals surface area (Å²) < 4.78 is 1.73. The molecule has 0 aliphatic heterocycles. The van der Waals surface area contributed by atoms with Gasteiger partial charge in [-0.1, -0.05) is 29.8 Å². The number of benzene rings is 1. The highest BCUT2D eigenvalue weighted by atomic mass is 127. The summed E-state index contributed by atoms with van der Waals surface area (Å²) >= 11 is 6.13. The number of nitrogens with one attached hydrogen (secondary N) is 2. The molecule has 0 saturated heterocycles. The third kappa shape index (κ3) is 5.45. The van der Waals surface area contributed by atoms with E-state index < -0.39 is 0 Å². The maximum Gasteiger partial charge on any atom is 0.191 e. The van der Waals surface area contributed by atoms with E-state index in [0.29, 0.717) is 6.54 Å². The van der Waals surface area contributed by atoms with Gasteiger partial charge in [0, 0.05) is 25.7 Å². The normalized spacial score (nSPS) is 11.0. The van der Waals surface area contributed by atoms with Crippen LogP contribution >= 0.6 is 35.6 Å². The predicted molar refractivity (Wildman–Crippen MR) is 99.8 cm³/mol. The summed E-state index contributed by atoms with van der Waals surface area (Å²) in [6.45, 7) is 1.32. The van der Waals surface area contributed by atoms with Gasteiger partial charge in [0.1, 0.15) is 12.2 Å². The van der Waals surface area contributed by atoms with Crippen molar-refractivity contribution in [2.24, 2.45) is 12.0 Å². The van der Waals surface area contributed by atoms with Crippen molar-refractivity contribution in [2.75, 3.05) is 13.6 Å². The lowest BCUT2D eigenvalue weighted by Gasteiger charge is -2.12. The van der Waals surface area contributed by atoms with E-state index in [1.807, 2.05) is 31.3 Å². The van der Waals surface area contributed by atoms with Crippen molar-refractivity contribution in [1.29, 1.82) is 0 Å². The molecule has 0 aliphatic rings. The van der Waals surface area contributed by atoms with Crippen LogP contribution < -0.4 is 10.6 Å². The van der Waals surface area contributed by atoms with Crippen molar-refractivity contribution in [3.05, 3.63) is 47.0 Å². The molecule has 1 heterocycles. The van der Waals surface area contributed by atoms with Crippen molar-refractivity contribution in [1.82, 2.24) is 25.4 Å². The third-order valence-electron chi connectivity index (χ3n) is 3.09. The molecule has 2 aromatic rings. The smallest absolute Gasteiger partial charge is 0.191 e. The number of aliphatic imine (C=N–C) groups is 1. The first-order valence-corrected chi connectivity index (χ1v) is 7.09. The average Bonchev–Trinajstić information content (AvgIpc) is 2.90. The molecule has 1 aromatic heterocycles. The van der Waals surface area contributed by atoms with Gasteiger partial charge in [-0.05, 0) is 18.1 Å². The third-order valence-corrected chi connectivity index (χ3v) is 3.46. The van der Waals surface area contributed by atoms with Crippen LogP contribution in [0.2, 0.25) is 5.02 Å². The Labute approximate surface area is 152 Å². The van der Waals surface area contributed by atoms with Crippen LogP contribution in [-0.2, 0) is 20.0 Å². The minimum Gasteiger partial charge on any atom is -0.356 e. The zero-order chi connectivity index (χ0) is 15.1. The molecule has 6 nitrogen and oxygen atoms in total. The summed E-state index contributed by atoms with van der Waals surface area (Å²) in [7, 11) is 3.60. The van der Waals surface area contributed by atoms with Crippen LogP contribution in [0.4, 0.5) is 0 Å². The zero-order valence-electron chi connectivity index (χ0n) is 12.6. The number of aryl methyl sites for hydroxylation is 1. The predicted octanol–water partition coefficient (Wildman–Crippen LogP) is 1.99. The Bertz CT molecular complexity index is 613. The van der Waals surface area contributed by atoms with Crippen LogP contribution in [0.5, 0.6) is 0 Å². The Morgan fingerprint density at radius 1 is 1.32 bits per heavy atom. The molecule has 8 heteroatoms. The molecule has 0 aliphatic carbocycles. The number of hydrogen-bond acceptors (Lipinski definition) is 3. The summed E-state index contributed by atoms with van der Waals surface area (Å²) in [4.78, 5) is 8.33. The molecule has 1 aromatic carbocycles. The standard InChI is InChI=1S/C14H19ClN6.HI/c1-16-14(18-9-13-19-10-20-21(13)2)17-8-7-11-5-3-4-6-12(11)15;/h3-6,10H,7-9H2,1-2H3,(H2,16,17,18);1H. The zero-order valence-corrected chi connectivity index (χ0v) is 15.7. The van der Waals surface area contributed by atoms with E-state index in [0.717, 1.165) is 35.3 Å². The first-order valence-electron chi connectivity index (χ1n) is 6.71. The summed E-state index contributed by atoms with van der Waals surface area (Å²) in [5.41, 5.74) is 1.12. The van der Waals surface area contributed by atoms with Crippen LogP contribution in [0.1, 0.15) is 11.4 Å². The van der Waals surface area contributed by atoms with E-state index in [-0.39, 0.29) is 24.0 Å². The van der Waals surface area contributed by atoms with Gasteiger partial charge < -0.3 is 10.6 Å². The molecule has 0 saturated carbocycles. The number of rotatable bonds is 5. The quantitative estimate of drug-likeness (QED) is 0.429. The molecule has 0 bridgehead atoms. The van der Waals surface area contributed by atoms with Gasteiger partial charge in [0.2, 0.25) is 0 Å². The fourth-order valence-corrected chi connectivity index (χ4v) is 2.11. The van der Waals surface area contributed by atoms with Crippen molar-refractivity contribution in [3.8, 4) is 0 Å². The summed E-state index contributed by atoms with van der Waals surface area (Å²) in [5, 5.41) is 11.3. The molecular formula is C14H20ClIN6. The van der Waals surface area contributed by atoms with Gasteiger partial charge in [-0.15, -0.1) is 24.0 Å². The molecule has 0 atom stereocenters. The fourth-order valence-electron chi connectivity index (χ4n) is 1.88. The van der Waals surface area contributed by atoms with Gasteiger partial charge in [0.25, 0.3) is 0 Å². The van der Waals surface area contributed by atoms with Crippen LogP contribution in [-0.4, -0.2) is 34.3 Å². The van der Waals surface area contributed by atoms with Crippen LogP contribution in [0, 0.1) is 0 Å². The number of nitrogens with zero attached hydrogens (tertiary/aromatic N) is 4. The van der Waals surface area contributed by atoms with Crippen molar-refractivity contribution < 1.29 is 0 Å². The lowest BCUT2D eigenvalue weighted by molar-refractivity contribution is 0.672. The fraction of sp³-hybridized carbons (Fsp3) is 0.357. The molecule has 2 N–H and O–H groups in total. The van der Waals surface area contributed by atoms with Gasteiger partial charge in [-0.2, -0.15) is 5.10 Å². The van der Waals surface area contributed by atoms with E-state index in [2.05, 4.69) is 25.7 Å². The molecule has 0 spiro atoms. The summed E-state index contributed by atoms with van der Waals surface area (Å²) in [6, 6.07) is 7.85. The summed E-state index contributed by atoms with van der Waals surface area (Å²) in [6.07, 6.45) is 2.37. The number of halogens is 2. The monoisotopic (exact) mass is 434 g/mol. The van der Waals surface area contributed by atoms with Gasteiger partial charge in [-0.3, -0.25) is 9.67 Å². The second kappa shape index (κ2) is 9.62. The Hall–Kier alpha value is -1.35. The van der Waals surface area contributed by atoms with Gasteiger partial charge in [0.05, 0.1) is 6.54 Å². The first kappa shape index (κ1) is 18.7. The van der Waals surface area contributed by atoms with Crippen LogP contribution in [0.3, 0.4) is 0 Å². The second-order valence-corrected chi connectivity index (χ2v) is 4.90. The Balaban J connectivity index is 0.00000242. The minimum atomic E-state index is 0.